The maximum absolute atomic E-state index is 12.3. The van der Waals surface area contributed by atoms with Gasteiger partial charge in [-0.3, -0.25) is 70.7 Å². The molecule has 3 aromatic carbocycles. The number of anilines is 3. The molecule has 6 fully saturated rings. The molecular weight excluding hydrogens is 1830 g/mol. The van der Waals surface area contributed by atoms with Crippen molar-refractivity contribution in [3.8, 4) is 0 Å². The van der Waals surface area contributed by atoms with Crippen molar-refractivity contribution >= 4 is 139 Å². The number of carbonyl (C=O) groups is 6. The van der Waals surface area contributed by atoms with Crippen molar-refractivity contribution in [3.05, 3.63) is 152 Å². The van der Waals surface area contributed by atoms with E-state index in [1.54, 1.807) is 93.6 Å². The van der Waals surface area contributed by atoms with Crippen molar-refractivity contribution in [3.63, 3.8) is 0 Å². The number of hydrogen-bond acceptors (Lipinski definition) is 42. The molecule has 6 aliphatic rings. The summed E-state index contributed by atoms with van der Waals surface area (Å²) < 4.78 is 157. The zero-order valence-electron chi connectivity index (χ0n) is 66.2. The third-order valence-corrected chi connectivity index (χ3v) is 27.2. The molecule has 54 nitrogen and oxygen atoms in total. The quantitative estimate of drug-likeness (QED) is 0.0260. The predicted molar refractivity (Wildman–Crippen MR) is 417 cm³/mol. The first-order chi connectivity index (χ1) is 60.9. The molecule has 0 aliphatic carbocycles. The summed E-state index contributed by atoms with van der Waals surface area (Å²) in [7, 11) is -32.5. The molecule has 9 aromatic rings. The second kappa shape index (κ2) is 40.9. The largest absolute Gasteiger partial charge is 0.778 e. The number of benzene rings is 3. The number of aliphatic carboxylic acids is 3. The molecule has 60 heteroatoms. The number of carboxylic acids is 3. The third-order valence-electron chi connectivity index (χ3n) is 18.4. The molecule has 9 unspecified atom stereocenters. The maximum Gasteiger partial charge on any atom is 0.320 e. The van der Waals surface area contributed by atoms with Gasteiger partial charge in [0.2, 0.25) is 0 Å². The van der Waals surface area contributed by atoms with Crippen LogP contribution in [0, 0.1) is 0 Å². The molecule has 0 bridgehead atoms. The van der Waals surface area contributed by atoms with Crippen LogP contribution in [-0.4, -0.2) is 229 Å². The van der Waals surface area contributed by atoms with Gasteiger partial charge in [0.25, 0.3) is 23.5 Å². The normalized spacial score (nSPS) is 26.1. The van der Waals surface area contributed by atoms with Crippen molar-refractivity contribution in [1.82, 2.24) is 74.5 Å². The molecule has 128 heavy (non-hydrogen) atoms. The summed E-state index contributed by atoms with van der Waals surface area (Å²) in [6, 6.07) is 25.5. The van der Waals surface area contributed by atoms with Gasteiger partial charge in [0, 0.05) is 30.8 Å². The van der Waals surface area contributed by atoms with Crippen molar-refractivity contribution in [2.45, 2.75) is 113 Å². The molecule has 6 aromatic heterocycles. The van der Waals surface area contributed by atoms with E-state index >= 15 is 0 Å². The van der Waals surface area contributed by atoms with E-state index in [-0.39, 0.29) is 50.9 Å². The van der Waals surface area contributed by atoms with Gasteiger partial charge in [-0.1, -0.05) is 97.1 Å². The summed E-state index contributed by atoms with van der Waals surface area (Å²) in [5.74, 6) is -5.05. The molecule has 688 valence electrons. The minimum absolute atomic E-state index is 0.120. The fourth-order valence-corrected chi connectivity index (χ4v) is 20.3. The molecule has 6 amide bonds. The lowest BCUT2D eigenvalue weighted by Gasteiger charge is -2.31. The SMILES string of the molecule is CCNC(=O)Nc1ncnc2c1ncn2[C@@H]1O[C@H](COP(=O)([O-])OP(=O)([O-])CC(=O)O)C2O[C@@H](c3ccccc3)O[C@@H]21.CCNC(=O)Nc1ncnc2c1ncn2[C@@H]1O[C@H](COP(=O)([O-])OP(=O)([O-])CC(=O)O)C2O[C@H](/C=C/c3ccccc3)O[C@@H]21.CCNC(=O)Nc1ncnc2c1ncn2[C@@H]1O[C@H](COP(=O)([O-])OP(=O)([O-])CC(=O)O)C2O[C@H](c3ccccc3)O[C@@H]21. The molecule has 12 heterocycles. The number of urea groups is 3. The molecule has 15 rings (SSSR count). The van der Waals surface area contributed by atoms with Crippen LogP contribution >= 0.6 is 46.3 Å². The zero-order valence-corrected chi connectivity index (χ0v) is 71.5. The number of phosphoric ester groups is 3. The summed E-state index contributed by atoms with van der Waals surface area (Å²) in [6.45, 7) is 4.08. The van der Waals surface area contributed by atoms with Crippen molar-refractivity contribution in [2.24, 2.45) is 0 Å². The Balaban J connectivity index is 0.000000164. The fourth-order valence-electron chi connectivity index (χ4n) is 13.4. The van der Waals surface area contributed by atoms with Crippen molar-refractivity contribution in [2.75, 3.05) is 73.9 Å². The van der Waals surface area contributed by atoms with Crippen LogP contribution in [0.1, 0.15) is 68.7 Å². The van der Waals surface area contributed by atoms with E-state index in [4.69, 9.17) is 71.5 Å². The summed E-state index contributed by atoms with van der Waals surface area (Å²) in [6.07, 6.45) is -8.01. The Kier molecular flexibility index (Phi) is 30.5. The summed E-state index contributed by atoms with van der Waals surface area (Å²) in [5, 5.41) is 41.5. The van der Waals surface area contributed by atoms with E-state index < -0.39 is 213 Å². The van der Waals surface area contributed by atoms with E-state index in [1.807, 2.05) is 30.3 Å². The number of fused-ring (bicyclic) bond motifs is 6. The molecule has 0 radical (unpaired) electrons. The lowest BCUT2D eigenvalue weighted by molar-refractivity contribution is -0.237. The van der Waals surface area contributed by atoms with E-state index in [1.165, 1.54) is 51.7 Å². The van der Waals surface area contributed by atoms with Gasteiger partial charge in [-0.15, -0.1) is 0 Å². The monoisotopic (exact) mass is 1900 g/mol. The number of amides is 6. The van der Waals surface area contributed by atoms with Crippen LogP contribution in [0.5, 0.6) is 0 Å². The number of hydrogen-bond donors (Lipinski definition) is 9. The maximum atomic E-state index is 12.3. The lowest BCUT2D eigenvalue weighted by Crippen LogP contribution is -2.32. The number of aromatic nitrogens is 12. The number of phosphoric acid groups is 3. The van der Waals surface area contributed by atoms with E-state index in [0.29, 0.717) is 30.8 Å². The van der Waals surface area contributed by atoms with Gasteiger partial charge in [-0.25, -0.2) is 59.2 Å². The van der Waals surface area contributed by atoms with Crippen LogP contribution in [0.4, 0.5) is 31.8 Å². The minimum atomic E-state index is -5.54. The van der Waals surface area contributed by atoms with Crippen LogP contribution in [0.2, 0.25) is 0 Å². The number of nitrogens with zero attached hydrogens (tertiary/aromatic N) is 12. The van der Waals surface area contributed by atoms with Gasteiger partial charge >= 0.3 is 36.0 Å². The van der Waals surface area contributed by atoms with Crippen LogP contribution < -0.4 is 61.3 Å². The van der Waals surface area contributed by atoms with E-state index in [9.17, 15) is 85.5 Å². The highest BCUT2D eigenvalue weighted by Gasteiger charge is 2.57. The average molecular weight is 1910 g/mol. The van der Waals surface area contributed by atoms with Crippen molar-refractivity contribution in [1.29, 1.82) is 0 Å². The third kappa shape index (κ3) is 24.1. The summed E-state index contributed by atoms with van der Waals surface area (Å²) in [4.78, 5) is 178. The number of nitrogens with one attached hydrogen (secondary N) is 6. The highest BCUT2D eigenvalue weighted by atomic mass is 31.3. The Hall–Kier alpha value is -10.2. The number of ether oxygens (including phenoxy) is 9. The molecule has 21 atom stereocenters. The van der Waals surface area contributed by atoms with Crippen LogP contribution in [0.15, 0.2) is 135 Å². The second-order valence-corrected chi connectivity index (χ2v) is 37.5. The van der Waals surface area contributed by atoms with E-state index in [2.05, 4.69) is 89.7 Å². The molecule has 0 saturated carbocycles. The Bertz CT molecular complexity index is 5630. The molecular formula is C68H74N18O36P6-6. The van der Waals surface area contributed by atoms with Crippen molar-refractivity contribution < 1.29 is 170 Å². The van der Waals surface area contributed by atoms with Crippen LogP contribution in [0.3, 0.4) is 0 Å². The minimum Gasteiger partial charge on any atom is -0.778 e. The molecule has 9 N–H and O–H groups in total. The Morgan fingerprint density at radius 2 is 0.688 bits per heavy atom. The van der Waals surface area contributed by atoms with Gasteiger partial charge in [0.05, 0.1) is 38.8 Å². The lowest BCUT2D eigenvalue weighted by atomic mass is 10.1. The Morgan fingerprint density at radius 1 is 0.398 bits per heavy atom. The first-order valence-electron chi connectivity index (χ1n) is 37.8. The fraction of sp³-hybridized carbons (Fsp3) is 0.397. The Morgan fingerprint density at radius 3 is 1.00 bits per heavy atom. The summed E-state index contributed by atoms with van der Waals surface area (Å²) in [5.41, 5.74) is 3.59. The molecule has 6 aliphatic heterocycles. The first kappa shape index (κ1) is 95.4. The van der Waals surface area contributed by atoms with Gasteiger partial charge < -0.3 is 131 Å². The van der Waals surface area contributed by atoms with Gasteiger partial charge in [0.15, 0.2) is 111 Å². The van der Waals surface area contributed by atoms with Crippen LogP contribution in [-0.2, 0) is 111 Å². The number of carbonyl (C=O) groups excluding carboxylic acids is 3. The van der Waals surface area contributed by atoms with Gasteiger partial charge in [-0.05, 0) is 32.4 Å². The highest BCUT2D eigenvalue weighted by Crippen LogP contribution is 2.59. The Labute approximate surface area is 719 Å². The molecule has 0 spiro atoms. The standard InChI is InChI=1S/C24H28N6O12P2.2C22H26N6O12P2/c1-2-25-24(33)29-21-18-22(27-12-26-21)30(13-28-18)23-20-19(40-17(41-20)9-8-14-6-4-3-5-7-14)15(39-23)10-38-44(36,37)42-43(34,35)11-16(31)32;2*1-2-23-22(31)27-18-15-19(25-10-24-18)28(11-26-15)20-17-16(38-21(39-17)12-6-4-3-5-7-12)13(37-20)8-36-42(34,35)40-41(32,33)9-14(29)30/h3-9,12-13,15,17,19-20,23H,2,10-11H2,1H3,(H,31,32)(H,34,35)(H,36,37)(H2,25,26,27,29,33);2*3-7,10-11,13,16-17,20-21H,2,8-9H2,1H3,(H,29,30)(H,32,33)(H,34,35)(H2,23,24,25,27,31)/p-6/b9-8+;;/t15-,17+,19?,20+,23-;13-,16?,17+,20-,21+;13-,16?,17+,20-,21-/m111/s1. The predicted octanol–water partition coefficient (Wildman–Crippen LogP) is 1.80. The second-order valence-electron chi connectivity index (χ2n) is 27.5. The van der Waals surface area contributed by atoms with Crippen LogP contribution in [0.25, 0.3) is 39.6 Å². The summed E-state index contributed by atoms with van der Waals surface area (Å²) >= 11 is 0. The topological polar surface area (TPSA) is 745 Å². The number of imidazole rings is 3. The number of carboxylic acid groups (broad SMARTS) is 3. The smallest absolute Gasteiger partial charge is 0.320 e. The number of rotatable bonds is 34. The van der Waals surface area contributed by atoms with E-state index in [0.717, 1.165) is 5.56 Å². The van der Waals surface area contributed by atoms with Gasteiger partial charge in [-0.2, -0.15) is 0 Å². The first-order valence-corrected chi connectivity index (χ1v) is 47.4. The highest BCUT2D eigenvalue weighted by molar-refractivity contribution is 7.64. The molecule has 6 saturated heterocycles. The van der Waals surface area contributed by atoms with Gasteiger partial charge in [0.1, 0.15) is 92.4 Å². The average Bonchev–Trinajstić information content (AvgIpc) is 1.59. The zero-order chi connectivity index (χ0) is 91.6.